The fourth-order valence-electron chi connectivity index (χ4n) is 2.63. The van der Waals surface area contributed by atoms with Crippen LogP contribution < -0.4 is 10.2 Å². The molecule has 1 aliphatic rings. The Hall–Kier alpha value is -1.85. The van der Waals surface area contributed by atoms with Crippen LogP contribution in [0.25, 0.3) is 0 Å². The Bertz CT molecular complexity index is 667. The molecule has 5 nitrogen and oxygen atoms in total. The quantitative estimate of drug-likeness (QED) is 0.923. The second kappa shape index (κ2) is 7.15. The molecule has 23 heavy (non-hydrogen) atoms. The molecule has 0 bridgehead atoms. The smallest absolute Gasteiger partial charge is 0.251 e. The Kier molecular flexibility index (Phi) is 4.98. The van der Waals surface area contributed by atoms with E-state index in [4.69, 9.17) is 23.2 Å². The number of halogens is 2. The molecular weight excluding hydrogens is 335 g/mol. The van der Waals surface area contributed by atoms with Crippen LogP contribution in [0.15, 0.2) is 36.7 Å². The van der Waals surface area contributed by atoms with Crippen LogP contribution in [0.4, 0.5) is 5.95 Å². The lowest BCUT2D eigenvalue weighted by Gasteiger charge is -2.32. The molecular formula is C16H16Cl2N4O. The first-order chi connectivity index (χ1) is 11.1. The predicted octanol–water partition coefficient (Wildman–Crippen LogP) is 3.18. The molecule has 1 saturated heterocycles. The first kappa shape index (κ1) is 16.0. The van der Waals surface area contributed by atoms with E-state index in [2.05, 4.69) is 20.2 Å². The number of nitrogens with one attached hydrogen (secondary N) is 1. The van der Waals surface area contributed by atoms with Gasteiger partial charge in [-0.25, -0.2) is 9.97 Å². The molecule has 1 N–H and O–H groups in total. The van der Waals surface area contributed by atoms with Crippen molar-refractivity contribution in [2.45, 2.75) is 18.9 Å². The average molecular weight is 351 g/mol. The highest BCUT2D eigenvalue weighted by atomic mass is 35.5. The van der Waals surface area contributed by atoms with Crippen molar-refractivity contribution in [1.82, 2.24) is 15.3 Å². The first-order valence-electron chi connectivity index (χ1n) is 7.41. The highest BCUT2D eigenvalue weighted by Crippen LogP contribution is 2.20. The molecule has 0 radical (unpaired) electrons. The molecule has 0 atom stereocenters. The Balaban J connectivity index is 1.57. The van der Waals surface area contributed by atoms with Crippen molar-refractivity contribution in [3.05, 3.63) is 52.3 Å². The normalized spacial score (nSPS) is 15.5. The van der Waals surface area contributed by atoms with Gasteiger partial charge in [0.25, 0.3) is 5.91 Å². The lowest BCUT2D eigenvalue weighted by molar-refractivity contribution is 0.0931. The number of piperidine rings is 1. The molecule has 1 aromatic carbocycles. The van der Waals surface area contributed by atoms with Gasteiger partial charge < -0.3 is 10.2 Å². The van der Waals surface area contributed by atoms with Crippen molar-refractivity contribution in [1.29, 1.82) is 0 Å². The summed E-state index contributed by atoms with van der Waals surface area (Å²) in [5.41, 5.74) is 0.483. The van der Waals surface area contributed by atoms with Gasteiger partial charge in [0, 0.05) is 47.1 Å². The first-order valence-corrected chi connectivity index (χ1v) is 8.16. The summed E-state index contributed by atoms with van der Waals surface area (Å²) in [6.45, 7) is 1.62. The van der Waals surface area contributed by atoms with Gasteiger partial charge in [0.1, 0.15) is 0 Å². The van der Waals surface area contributed by atoms with Gasteiger partial charge in [0.15, 0.2) is 0 Å². The topological polar surface area (TPSA) is 58.1 Å². The third-order valence-electron chi connectivity index (χ3n) is 3.79. The Morgan fingerprint density at radius 2 is 1.70 bits per heavy atom. The maximum atomic E-state index is 12.3. The van der Waals surface area contributed by atoms with Gasteiger partial charge in [-0.1, -0.05) is 23.2 Å². The van der Waals surface area contributed by atoms with E-state index < -0.39 is 0 Å². The number of amides is 1. The molecule has 0 spiro atoms. The predicted molar refractivity (Wildman–Crippen MR) is 91.2 cm³/mol. The van der Waals surface area contributed by atoms with Crippen LogP contribution in [-0.4, -0.2) is 35.0 Å². The molecule has 1 aromatic heterocycles. The largest absolute Gasteiger partial charge is 0.349 e. The van der Waals surface area contributed by atoms with Gasteiger partial charge in [-0.3, -0.25) is 4.79 Å². The van der Waals surface area contributed by atoms with Gasteiger partial charge in [0.2, 0.25) is 5.95 Å². The summed E-state index contributed by atoms with van der Waals surface area (Å²) in [4.78, 5) is 22.9. The van der Waals surface area contributed by atoms with Crippen LogP contribution in [-0.2, 0) is 0 Å². The Morgan fingerprint density at radius 3 is 2.30 bits per heavy atom. The number of carbonyl (C=O) groups excluding carboxylic acids is 1. The zero-order chi connectivity index (χ0) is 16.2. The van der Waals surface area contributed by atoms with E-state index in [9.17, 15) is 4.79 Å². The number of aromatic nitrogens is 2. The van der Waals surface area contributed by atoms with E-state index in [-0.39, 0.29) is 11.9 Å². The van der Waals surface area contributed by atoms with E-state index >= 15 is 0 Å². The van der Waals surface area contributed by atoms with Crippen molar-refractivity contribution < 1.29 is 4.79 Å². The minimum atomic E-state index is -0.149. The molecule has 2 aromatic rings. The Labute approximate surface area is 144 Å². The van der Waals surface area contributed by atoms with Crippen molar-refractivity contribution in [2.75, 3.05) is 18.0 Å². The monoisotopic (exact) mass is 350 g/mol. The molecule has 1 fully saturated rings. The lowest BCUT2D eigenvalue weighted by Crippen LogP contribution is -2.45. The van der Waals surface area contributed by atoms with Gasteiger partial charge in [-0.15, -0.1) is 0 Å². The van der Waals surface area contributed by atoms with E-state index in [1.165, 1.54) is 0 Å². The second-order valence-electron chi connectivity index (χ2n) is 5.44. The summed E-state index contributed by atoms with van der Waals surface area (Å²) in [7, 11) is 0. The number of hydrogen-bond acceptors (Lipinski definition) is 4. The van der Waals surface area contributed by atoms with Gasteiger partial charge >= 0.3 is 0 Å². The summed E-state index contributed by atoms with van der Waals surface area (Å²) < 4.78 is 0. The third kappa shape index (κ3) is 4.12. The maximum Gasteiger partial charge on any atom is 0.251 e. The number of rotatable bonds is 3. The van der Waals surface area contributed by atoms with Crippen molar-refractivity contribution in [2.24, 2.45) is 0 Å². The highest BCUT2D eigenvalue weighted by molar-refractivity contribution is 6.35. The molecule has 2 heterocycles. The molecule has 7 heteroatoms. The number of anilines is 1. The zero-order valence-corrected chi connectivity index (χ0v) is 13.9. The third-order valence-corrected chi connectivity index (χ3v) is 4.23. The van der Waals surface area contributed by atoms with Crippen LogP contribution >= 0.6 is 23.2 Å². The average Bonchev–Trinajstić information content (AvgIpc) is 2.55. The Morgan fingerprint density at radius 1 is 1.09 bits per heavy atom. The molecule has 0 unspecified atom stereocenters. The standard InChI is InChI=1S/C16H16Cl2N4O/c17-12-8-11(9-13(18)10-12)15(23)21-14-2-6-22(7-3-14)16-19-4-1-5-20-16/h1,4-5,8-10,14H,2-3,6-7H2,(H,21,23). The van der Waals surface area contributed by atoms with Crippen LogP contribution in [0.2, 0.25) is 10.0 Å². The van der Waals surface area contributed by atoms with Crippen molar-refractivity contribution >= 4 is 35.1 Å². The summed E-state index contributed by atoms with van der Waals surface area (Å²) in [5.74, 6) is 0.586. The van der Waals surface area contributed by atoms with E-state index in [1.807, 2.05) is 0 Å². The van der Waals surface area contributed by atoms with Crippen LogP contribution in [0.1, 0.15) is 23.2 Å². The number of carbonyl (C=O) groups is 1. The summed E-state index contributed by atoms with van der Waals surface area (Å²) in [6, 6.07) is 6.77. The zero-order valence-electron chi connectivity index (χ0n) is 12.4. The fraction of sp³-hybridized carbons (Fsp3) is 0.312. The SMILES string of the molecule is O=C(NC1CCN(c2ncccn2)CC1)c1cc(Cl)cc(Cl)c1. The van der Waals surface area contributed by atoms with Gasteiger partial charge in [0.05, 0.1) is 0 Å². The highest BCUT2D eigenvalue weighted by Gasteiger charge is 2.22. The van der Waals surface area contributed by atoms with E-state index in [0.29, 0.717) is 15.6 Å². The van der Waals surface area contributed by atoms with Crippen molar-refractivity contribution in [3.63, 3.8) is 0 Å². The van der Waals surface area contributed by atoms with Gasteiger partial charge in [-0.05, 0) is 37.1 Å². The van der Waals surface area contributed by atoms with Crippen LogP contribution in [0.3, 0.4) is 0 Å². The number of nitrogens with zero attached hydrogens (tertiary/aromatic N) is 3. The summed E-state index contributed by atoms with van der Waals surface area (Å²) in [6.07, 6.45) is 5.16. The van der Waals surface area contributed by atoms with Crippen LogP contribution in [0, 0.1) is 0 Å². The summed E-state index contributed by atoms with van der Waals surface area (Å²) >= 11 is 11.9. The second-order valence-corrected chi connectivity index (χ2v) is 6.31. The molecule has 1 aliphatic heterocycles. The molecule has 0 saturated carbocycles. The lowest BCUT2D eigenvalue weighted by atomic mass is 10.0. The van der Waals surface area contributed by atoms with Gasteiger partial charge in [-0.2, -0.15) is 0 Å². The van der Waals surface area contributed by atoms with Crippen molar-refractivity contribution in [3.8, 4) is 0 Å². The minimum Gasteiger partial charge on any atom is -0.349 e. The molecule has 120 valence electrons. The van der Waals surface area contributed by atoms with E-state index in [0.717, 1.165) is 31.9 Å². The van der Waals surface area contributed by atoms with Crippen LogP contribution in [0.5, 0.6) is 0 Å². The molecule has 1 amide bonds. The molecule has 0 aliphatic carbocycles. The number of benzene rings is 1. The fourth-order valence-corrected chi connectivity index (χ4v) is 3.16. The maximum absolute atomic E-state index is 12.3. The molecule has 3 rings (SSSR count). The number of hydrogen-bond donors (Lipinski definition) is 1. The minimum absolute atomic E-state index is 0.125. The summed E-state index contributed by atoms with van der Waals surface area (Å²) in [5, 5.41) is 3.95. The van der Waals surface area contributed by atoms with E-state index in [1.54, 1.807) is 36.7 Å².